The van der Waals surface area contributed by atoms with Crippen LogP contribution in [0.3, 0.4) is 0 Å². The van der Waals surface area contributed by atoms with Crippen molar-refractivity contribution in [3.63, 3.8) is 0 Å². The first kappa shape index (κ1) is 19.0. The number of carbonyl (C=O) groups excluding carboxylic acids is 2. The molecule has 0 radical (unpaired) electrons. The van der Waals surface area contributed by atoms with Crippen molar-refractivity contribution in [3.05, 3.63) is 41.7 Å². The highest BCUT2D eigenvalue weighted by Gasteiger charge is 2.12. The molecule has 1 aromatic heterocycles. The molecule has 0 saturated carbocycles. The fourth-order valence-electron chi connectivity index (χ4n) is 2.16. The number of benzene rings is 1. The number of carbonyl (C=O) groups is 2. The van der Waals surface area contributed by atoms with Crippen LogP contribution in [0.4, 0.5) is 0 Å². The van der Waals surface area contributed by atoms with Gasteiger partial charge in [0, 0.05) is 13.0 Å². The maximum Gasteiger partial charge on any atom is 0.305 e. The zero-order chi connectivity index (χ0) is 18.1. The third-order valence-corrected chi connectivity index (χ3v) is 4.49. The Morgan fingerprint density at radius 1 is 1.24 bits per heavy atom. The van der Waals surface area contributed by atoms with E-state index < -0.39 is 0 Å². The Morgan fingerprint density at radius 2 is 2.00 bits per heavy atom. The molecule has 1 N–H and O–H groups in total. The van der Waals surface area contributed by atoms with Gasteiger partial charge < -0.3 is 14.6 Å². The number of amides is 1. The van der Waals surface area contributed by atoms with Gasteiger partial charge in [0.05, 0.1) is 19.4 Å². The zero-order valence-electron chi connectivity index (χ0n) is 14.4. The molecule has 0 atom stereocenters. The lowest BCUT2D eigenvalue weighted by Gasteiger charge is -2.08. The number of hydrogen-bond acceptors (Lipinski definition) is 6. The molecule has 8 heteroatoms. The summed E-state index contributed by atoms with van der Waals surface area (Å²) >= 11 is 1.35. The van der Waals surface area contributed by atoms with Gasteiger partial charge in [-0.3, -0.25) is 9.59 Å². The van der Waals surface area contributed by atoms with E-state index in [4.69, 9.17) is 0 Å². The fourth-order valence-corrected chi connectivity index (χ4v) is 2.97. The van der Waals surface area contributed by atoms with E-state index >= 15 is 0 Å². The summed E-state index contributed by atoms with van der Waals surface area (Å²) in [6.45, 7) is 3.01. The van der Waals surface area contributed by atoms with Gasteiger partial charge in [-0.05, 0) is 18.9 Å². The third-order valence-electron chi connectivity index (χ3n) is 3.53. The fraction of sp³-hybridized carbons (Fsp3) is 0.412. The maximum atomic E-state index is 11.9. The van der Waals surface area contributed by atoms with Crippen molar-refractivity contribution in [3.8, 4) is 0 Å². The van der Waals surface area contributed by atoms with Gasteiger partial charge in [-0.1, -0.05) is 42.1 Å². The second kappa shape index (κ2) is 9.83. The minimum atomic E-state index is -0.270. The van der Waals surface area contributed by atoms with Crippen LogP contribution in [-0.4, -0.2) is 46.0 Å². The maximum absolute atomic E-state index is 11.9. The standard InChI is InChI=1S/C17H22N4O3S/c1-13-19-20-17(21(13)11-14-7-4-3-5-8-14)25-12-15(22)18-10-6-9-16(23)24-2/h3-5,7-8H,6,9-12H2,1-2H3,(H,18,22). The Labute approximate surface area is 151 Å². The van der Waals surface area contributed by atoms with Crippen LogP contribution < -0.4 is 5.32 Å². The molecule has 1 heterocycles. The molecule has 0 aliphatic heterocycles. The summed E-state index contributed by atoms with van der Waals surface area (Å²) in [7, 11) is 1.35. The average Bonchev–Trinajstić information content (AvgIpc) is 2.97. The Hall–Kier alpha value is -2.35. The van der Waals surface area contributed by atoms with E-state index in [0.29, 0.717) is 31.1 Å². The van der Waals surface area contributed by atoms with Crippen LogP contribution in [-0.2, 0) is 20.9 Å². The van der Waals surface area contributed by atoms with Gasteiger partial charge in [-0.2, -0.15) is 0 Å². The summed E-state index contributed by atoms with van der Waals surface area (Å²) in [6.07, 6.45) is 0.862. The van der Waals surface area contributed by atoms with Crippen molar-refractivity contribution in [2.75, 3.05) is 19.4 Å². The molecule has 0 aliphatic carbocycles. The number of esters is 1. The lowest BCUT2D eigenvalue weighted by molar-refractivity contribution is -0.140. The van der Waals surface area contributed by atoms with Crippen LogP contribution in [0.15, 0.2) is 35.5 Å². The van der Waals surface area contributed by atoms with Gasteiger partial charge in [-0.25, -0.2) is 0 Å². The van der Waals surface area contributed by atoms with Crippen LogP contribution >= 0.6 is 11.8 Å². The van der Waals surface area contributed by atoms with E-state index in [1.54, 1.807) is 0 Å². The number of methoxy groups -OCH3 is 1. The van der Waals surface area contributed by atoms with Crippen LogP contribution in [0.5, 0.6) is 0 Å². The molecule has 1 aromatic carbocycles. The number of hydrogen-bond donors (Lipinski definition) is 1. The normalized spacial score (nSPS) is 10.5. The van der Waals surface area contributed by atoms with Crippen LogP contribution in [0.25, 0.3) is 0 Å². The monoisotopic (exact) mass is 362 g/mol. The van der Waals surface area contributed by atoms with Gasteiger partial charge in [-0.15, -0.1) is 10.2 Å². The van der Waals surface area contributed by atoms with Crippen molar-refractivity contribution in [1.82, 2.24) is 20.1 Å². The molecule has 2 rings (SSSR count). The van der Waals surface area contributed by atoms with Crippen LogP contribution in [0.1, 0.15) is 24.2 Å². The van der Waals surface area contributed by atoms with Crippen molar-refractivity contribution in [2.24, 2.45) is 0 Å². The van der Waals surface area contributed by atoms with Crippen molar-refractivity contribution in [1.29, 1.82) is 0 Å². The van der Waals surface area contributed by atoms with E-state index in [1.807, 2.05) is 41.8 Å². The van der Waals surface area contributed by atoms with E-state index in [9.17, 15) is 9.59 Å². The van der Waals surface area contributed by atoms with Crippen molar-refractivity contribution in [2.45, 2.75) is 31.5 Å². The third kappa shape index (κ3) is 6.22. The number of aryl methyl sites for hydroxylation is 1. The first-order valence-electron chi connectivity index (χ1n) is 8.00. The molecular formula is C17H22N4O3S. The highest BCUT2D eigenvalue weighted by Crippen LogP contribution is 2.18. The van der Waals surface area contributed by atoms with E-state index in [0.717, 1.165) is 11.4 Å². The molecule has 0 spiro atoms. The van der Waals surface area contributed by atoms with Gasteiger partial charge in [0.15, 0.2) is 5.16 Å². The quantitative estimate of drug-likeness (QED) is 0.416. The highest BCUT2D eigenvalue weighted by atomic mass is 32.2. The predicted octanol–water partition coefficient (Wildman–Crippen LogP) is 1.80. The van der Waals surface area contributed by atoms with E-state index in [1.165, 1.54) is 18.9 Å². The summed E-state index contributed by atoms with van der Waals surface area (Å²) in [6, 6.07) is 10.0. The number of rotatable bonds is 9. The van der Waals surface area contributed by atoms with Gasteiger partial charge in [0.2, 0.25) is 5.91 Å². The highest BCUT2D eigenvalue weighted by molar-refractivity contribution is 7.99. The lowest BCUT2D eigenvalue weighted by atomic mass is 10.2. The number of nitrogens with zero attached hydrogens (tertiary/aromatic N) is 3. The topological polar surface area (TPSA) is 86.1 Å². The molecule has 134 valence electrons. The number of nitrogens with one attached hydrogen (secondary N) is 1. The molecule has 0 saturated heterocycles. The van der Waals surface area contributed by atoms with Gasteiger partial charge >= 0.3 is 5.97 Å². The Balaban J connectivity index is 1.81. The van der Waals surface area contributed by atoms with Gasteiger partial charge in [0.1, 0.15) is 5.82 Å². The summed E-state index contributed by atoms with van der Waals surface area (Å²) in [5.74, 6) is 0.699. The number of aromatic nitrogens is 3. The molecule has 1 amide bonds. The summed E-state index contributed by atoms with van der Waals surface area (Å²) in [5, 5.41) is 11.8. The Morgan fingerprint density at radius 3 is 2.72 bits per heavy atom. The summed E-state index contributed by atoms with van der Waals surface area (Å²) < 4.78 is 6.54. The van der Waals surface area contributed by atoms with Crippen LogP contribution in [0.2, 0.25) is 0 Å². The molecule has 25 heavy (non-hydrogen) atoms. The minimum Gasteiger partial charge on any atom is -0.469 e. The molecule has 0 fully saturated rings. The molecular weight excluding hydrogens is 340 g/mol. The average molecular weight is 362 g/mol. The summed E-state index contributed by atoms with van der Waals surface area (Å²) in [4.78, 5) is 22.9. The predicted molar refractivity (Wildman–Crippen MR) is 95.3 cm³/mol. The van der Waals surface area contributed by atoms with Crippen molar-refractivity contribution < 1.29 is 14.3 Å². The minimum absolute atomic E-state index is 0.0956. The summed E-state index contributed by atoms with van der Waals surface area (Å²) in [5.41, 5.74) is 1.15. The molecule has 0 aliphatic rings. The second-order valence-corrected chi connectivity index (χ2v) is 6.36. The smallest absolute Gasteiger partial charge is 0.305 e. The molecule has 0 unspecified atom stereocenters. The largest absolute Gasteiger partial charge is 0.469 e. The molecule has 2 aromatic rings. The zero-order valence-corrected chi connectivity index (χ0v) is 15.2. The number of thioether (sulfide) groups is 1. The SMILES string of the molecule is COC(=O)CCCNC(=O)CSc1nnc(C)n1Cc1ccccc1. The van der Waals surface area contributed by atoms with E-state index in [-0.39, 0.29) is 17.6 Å². The Kier molecular flexibility index (Phi) is 7.46. The Bertz CT molecular complexity index is 703. The second-order valence-electron chi connectivity index (χ2n) is 5.42. The van der Waals surface area contributed by atoms with Crippen LogP contribution in [0, 0.1) is 6.92 Å². The molecule has 7 nitrogen and oxygen atoms in total. The molecule has 0 bridgehead atoms. The van der Waals surface area contributed by atoms with E-state index in [2.05, 4.69) is 20.3 Å². The first-order valence-corrected chi connectivity index (χ1v) is 8.98. The first-order chi connectivity index (χ1) is 12.1. The lowest BCUT2D eigenvalue weighted by Crippen LogP contribution is -2.26. The number of ether oxygens (including phenoxy) is 1. The van der Waals surface area contributed by atoms with Crippen molar-refractivity contribution >= 4 is 23.6 Å². The van der Waals surface area contributed by atoms with Gasteiger partial charge in [0.25, 0.3) is 0 Å².